The third-order valence-electron chi connectivity index (χ3n) is 3.03. The van der Waals surface area contributed by atoms with Crippen molar-refractivity contribution in [3.63, 3.8) is 0 Å². The second kappa shape index (κ2) is 6.55. The minimum atomic E-state index is -0.953. The Labute approximate surface area is 119 Å². The van der Waals surface area contributed by atoms with Gasteiger partial charge in [0, 0.05) is 0 Å². The number of rotatable bonds is 5. The average molecular weight is 272 g/mol. The molecule has 3 heteroatoms. The first-order valence-corrected chi connectivity index (χ1v) is 6.75. The van der Waals surface area contributed by atoms with Gasteiger partial charge in [-0.05, 0) is 37.1 Å². The third kappa shape index (κ3) is 3.59. The molecule has 3 nitrogen and oxygen atoms in total. The van der Waals surface area contributed by atoms with Crippen LogP contribution in [0.5, 0.6) is 5.75 Å². The van der Waals surface area contributed by atoms with Crippen LogP contribution in [0, 0.1) is 0 Å². The van der Waals surface area contributed by atoms with E-state index in [0.29, 0.717) is 11.1 Å². The Morgan fingerprint density at radius 1 is 0.750 bits per heavy atom. The summed E-state index contributed by atoms with van der Waals surface area (Å²) in [6, 6.07) is 16.3. The molecule has 0 amide bonds. The van der Waals surface area contributed by atoms with Crippen LogP contribution in [0.15, 0.2) is 54.6 Å². The average Bonchev–Trinajstić information content (AvgIpc) is 2.47. The van der Waals surface area contributed by atoms with Crippen molar-refractivity contribution in [3.8, 4) is 5.75 Å². The predicted molar refractivity (Wildman–Crippen MR) is 78.6 cm³/mol. The van der Waals surface area contributed by atoms with E-state index >= 15 is 0 Å². The molecule has 0 aliphatic heterocycles. The van der Waals surface area contributed by atoms with E-state index in [1.165, 1.54) is 0 Å². The summed E-state index contributed by atoms with van der Waals surface area (Å²) in [4.78, 5) is 0. The highest BCUT2D eigenvalue weighted by atomic mass is 16.5. The highest BCUT2D eigenvalue weighted by molar-refractivity contribution is 5.30. The minimum absolute atomic E-state index is 0.112. The first-order chi connectivity index (χ1) is 9.58. The van der Waals surface area contributed by atoms with E-state index in [1.807, 2.05) is 32.0 Å². The molecule has 0 bridgehead atoms. The molecule has 2 aromatic carbocycles. The number of hydrogen-bond donors (Lipinski definition) is 2. The van der Waals surface area contributed by atoms with E-state index in [1.54, 1.807) is 36.4 Å². The first kappa shape index (κ1) is 14.6. The summed E-state index contributed by atoms with van der Waals surface area (Å²) in [5, 5.41) is 20.4. The maximum absolute atomic E-state index is 10.2. The quantitative estimate of drug-likeness (QED) is 0.878. The zero-order chi connectivity index (χ0) is 14.5. The summed E-state index contributed by atoms with van der Waals surface area (Å²) >= 11 is 0. The van der Waals surface area contributed by atoms with Gasteiger partial charge in [0.25, 0.3) is 0 Å². The fourth-order valence-electron chi connectivity index (χ4n) is 2.03. The molecule has 0 heterocycles. The molecule has 2 unspecified atom stereocenters. The van der Waals surface area contributed by atoms with E-state index in [-0.39, 0.29) is 6.10 Å². The fourth-order valence-corrected chi connectivity index (χ4v) is 2.03. The van der Waals surface area contributed by atoms with E-state index < -0.39 is 12.2 Å². The highest BCUT2D eigenvalue weighted by Crippen LogP contribution is 2.29. The summed E-state index contributed by atoms with van der Waals surface area (Å²) in [7, 11) is 0. The Kier molecular flexibility index (Phi) is 4.77. The van der Waals surface area contributed by atoms with Gasteiger partial charge < -0.3 is 14.9 Å². The van der Waals surface area contributed by atoms with Gasteiger partial charge in [-0.15, -0.1) is 0 Å². The van der Waals surface area contributed by atoms with E-state index in [4.69, 9.17) is 4.74 Å². The lowest BCUT2D eigenvalue weighted by atomic mass is 9.98. The van der Waals surface area contributed by atoms with Crippen molar-refractivity contribution in [2.75, 3.05) is 0 Å². The van der Waals surface area contributed by atoms with Crippen molar-refractivity contribution in [2.45, 2.75) is 32.2 Å². The van der Waals surface area contributed by atoms with Crippen LogP contribution in [0.2, 0.25) is 0 Å². The van der Waals surface area contributed by atoms with Crippen molar-refractivity contribution in [1.82, 2.24) is 0 Å². The largest absolute Gasteiger partial charge is 0.491 e. The Balaban J connectivity index is 2.11. The van der Waals surface area contributed by atoms with Gasteiger partial charge in [0.1, 0.15) is 18.0 Å². The topological polar surface area (TPSA) is 49.7 Å². The zero-order valence-electron chi connectivity index (χ0n) is 11.7. The van der Waals surface area contributed by atoms with Gasteiger partial charge >= 0.3 is 0 Å². The molecule has 0 aliphatic rings. The van der Waals surface area contributed by atoms with Crippen LogP contribution in [0.25, 0.3) is 0 Å². The van der Waals surface area contributed by atoms with Crippen LogP contribution in [-0.4, -0.2) is 16.3 Å². The molecule has 0 spiro atoms. The second-order valence-corrected chi connectivity index (χ2v) is 5.04. The van der Waals surface area contributed by atoms with Gasteiger partial charge in [-0.3, -0.25) is 0 Å². The molecule has 0 fully saturated rings. The third-order valence-corrected chi connectivity index (χ3v) is 3.03. The van der Waals surface area contributed by atoms with Crippen LogP contribution in [0.3, 0.4) is 0 Å². The molecular formula is C17H20O3. The van der Waals surface area contributed by atoms with Crippen LogP contribution in [-0.2, 0) is 0 Å². The maximum atomic E-state index is 10.2. The first-order valence-electron chi connectivity index (χ1n) is 6.75. The molecule has 2 rings (SSSR count). The van der Waals surface area contributed by atoms with Crippen LogP contribution in [0.1, 0.15) is 37.2 Å². The molecule has 0 radical (unpaired) electrons. The number of aliphatic hydroxyl groups excluding tert-OH is 2. The number of ether oxygens (including phenoxy) is 1. The zero-order valence-corrected chi connectivity index (χ0v) is 11.7. The van der Waals surface area contributed by atoms with Crippen molar-refractivity contribution in [3.05, 3.63) is 65.7 Å². The Morgan fingerprint density at radius 2 is 1.25 bits per heavy atom. The summed E-state index contributed by atoms with van der Waals surface area (Å²) < 4.78 is 5.55. The van der Waals surface area contributed by atoms with Gasteiger partial charge in [0.2, 0.25) is 0 Å². The Hall–Kier alpha value is -1.84. The second-order valence-electron chi connectivity index (χ2n) is 5.04. The lowest BCUT2D eigenvalue weighted by Gasteiger charge is -2.19. The lowest BCUT2D eigenvalue weighted by Crippen LogP contribution is -2.10. The SMILES string of the molecule is CC(C)Oc1ccc(C(O)C(O)c2ccccc2)cc1. The van der Waals surface area contributed by atoms with Crippen molar-refractivity contribution < 1.29 is 14.9 Å². The van der Waals surface area contributed by atoms with Gasteiger partial charge in [-0.25, -0.2) is 0 Å². The standard InChI is InChI=1S/C17H20O3/c1-12(2)20-15-10-8-14(9-11-15)17(19)16(18)13-6-4-3-5-7-13/h3-12,16-19H,1-2H3. The molecule has 2 aromatic rings. The molecule has 2 atom stereocenters. The molecule has 0 saturated carbocycles. The molecule has 0 aliphatic carbocycles. The van der Waals surface area contributed by atoms with Gasteiger partial charge in [0.15, 0.2) is 0 Å². The molecule has 0 saturated heterocycles. The summed E-state index contributed by atoms with van der Waals surface area (Å²) in [6.45, 7) is 3.92. The smallest absolute Gasteiger partial charge is 0.119 e. The Bertz CT molecular complexity index is 520. The number of hydrogen-bond acceptors (Lipinski definition) is 3. The predicted octanol–water partition coefficient (Wildman–Crippen LogP) is 3.24. The number of benzene rings is 2. The van der Waals surface area contributed by atoms with Crippen LogP contribution in [0.4, 0.5) is 0 Å². The van der Waals surface area contributed by atoms with E-state index in [2.05, 4.69) is 0 Å². The van der Waals surface area contributed by atoms with Gasteiger partial charge in [-0.1, -0.05) is 42.5 Å². The van der Waals surface area contributed by atoms with Crippen molar-refractivity contribution in [2.24, 2.45) is 0 Å². The molecule has 106 valence electrons. The van der Waals surface area contributed by atoms with Crippen molar-refractivity contribution >= 4 is 0 Å². The van der Waals surface area contributed by atoms with Crippen LogP contribution < -0.4 is 4.74 Å². The normalized spacial score (nSPS) is 14.1. The highest BCUT2D eigenvalue weighted by Gasteiger charge is 2.19. The molecular weight excluding hydrogens is 252 g/mol. The lowest BCUT2D eigenvalue weighted by molar-refractivity contribution is 0.0172. The molecule has 2 N–H and O–H groups in total. The van der Waals surface area contributed by atoms with E-state index in [9.17, 15) is 10.2 Å². The maximum Gasteiger partial charge on any atom is 0.119 e. The molecule has 0 aromatic heterocycles. The minimum Gasteiger partial charge on any atom is -0.491 e. The van der Waals surface area contributed by atoms with E-state index in [0.717, 1.165) is 5.75 Å². The summed E-state index contributed by atoms with van der Waals surface area (Å²) in [6.07, 6.45) is -1.78. The van der Waals surface area contributed by atoms with Gasteiger partial charge in [-0.2, -0.15) is 0 Å². The van der Waals surface area contributed by atoms with Gasteiger partial charge in [0.05, 0.1) is 6.10 Å². The van der Waals surface area contributed by atoms with Crippen molar-refractivity contribution in [1.29, 1.82) is 0 Å². The van der Waals surface area contributed by atoms with Crippen LogP contribution >= 0.6 is 0 Å². The summed E-state index contributed by atoms with van der Waals surface area (Å²) in [5.41, 5.74) is 1.36. The monoisotopic (exact) mass is 272 g/mol. The Morgan fingerprint density at radius 3 is 1.75 bits per heavy atom. The number of aliphatic hydroxyl groups is 2. The summed E-state index contributed by atoms with van der Waals surface area (Å²) in [5.74, 6) is 0.755. The fraction of sp³-hybridized carbons (Fsp3) is 0.294. The molecule has 20 heavy (non-hydrogen) atoms.